The molecule has 4 nitrogen and oxygen atoms in total. The average Bonchev–Trinajstić information content (AvgIpc) is 2.12. The van der Waals surface area contributed by atoms with Crippen LogP contribution in [0, 0.1) is 0 Å². The topological polar surface area (TPSA) is 38.7 Å². The van der Waals surface area contributed by atoms with E-state index in [0.29, 0.717) is 0 Å². The first-order chi connectivity index (χ1) is 6.20. The molecule has 0 atom stereocenters. The Balaban J connectivity index is 3.38. The third kappa shape index (κ3) is 7.77. The fourth-order valence-corrected chi connectivity index (χ4v) is 0.885. The van der Waals surface area contributed by atoms with E-state index in [1.165, 1.54) is 0 Å². The van der Waals surface area contributed by atoms with E-state index < -0.39 is 0 Å². The Morgan fingerprint density at radius 3 is 2.54 bits per heavy atom. The summed E-state index contributed by atoms with van der Waals surface area (Å²) in [6, 6.07) is 0. The standard InChI is InChI=1S/C9H21N3O/c1-10-12(3)7-5-4-6-11(2)8-9-13/h5,7,10,13H,4,6,8-9H2,1-3H3/b7-5-. The van der Waals surface area contributed by atoms with Gasteiger partial charge in [-0.05, 0) is 13.5 Å². The van der Waals surface area contributed by atoms with Crippen molar-refractivity contribution in [1.29, 1.82) is 0 Å². The Morgan fingerprint density at radius 1 is 1.31 bits per heavy atom. The van der Waals surface area contributed by atoms with Gasteiger partial charge in [-0.3, -0.25) is 0 Å². The lowest BCUT2D eigenvalue weighted by molar-refractivity contribution is 0.223. The van der Waals surface area contributed by atoms with Gasteiger partial charge in [-0.25, -0.2) is 5.43 Å². The van der Waals surface area contributed by atoms with Crippen LogP contribution in [0.5, 0.6) is 0 Å². The summed E-state index contributed by atoms with van der Waals surface area (Å²) in [5.41, 5.74) is 2.97. The quantitative estimate of drug-likeness (QED) is 0.545. The molecule has 4 heteroatoms. The number of hydrogen-bond donors (Lipinski definition) is 2. The second-order valence-electron chi connectivity index (χ2n) is 3.03. The van der Waals surface area contributed by atoms with Crippen molar-refractivity contribution >= 4 is 0 Å². The van der Waals surface area contributed by atoms with Gasteiger partial charge in [-0.2, -0.15) is 0 Å². The van der Waals surface area contributed by atoms with Crippen molar-refractivity contribution in [3.05, 3.63) is 12.3 Å². The second-order valence-corrected chi connectivity index (χ2v) is 3.03. The molecule has 0 bridgehead atoms. The molecule has 0 saturated carbocycles. The number of rotatable bonds is 7. The summed E-state index contributed by atoms with van der Waals surface area (Å²) in [5.74, 6) is 0. The molecule has 0 heterocycles. The largest absolute Gasteiger partial charge is 0.395 e. The summed E-state index contributed by atoms with van der Waals surface area (Å²) in [7, 11) is 5.84. The molecule has 13 heavy (non-hydrogen) atoms. The molecule has 0 spiro atoms. The van der Waals surface area contributed by atoms with Crippen LogP contribution in [0.2, 0.25) is 0 Å². The highest BCUT2D eigenvalue weighted by molar-refractivity contribution is 4.79. The molecule has 0 aliphatic carbocycles. The maximum atomic E-state index is 8.64. The van der Waals surface area contributed by atoms with Crippen molar-refractivity contribution in [2.45, 2.75) is 6.42 Å². The molecule has 78 valence electrons. The zero-order chi connectivity index (χ0) is 10.1. The number of hydrazine groups is 1. The Morgan fingerprint density at radius 2 is 2.00 bits per heavy atom. The van der Waals surface area contributed by atoms with Crippen LogP contribution in [0.4, 0.5) is 0 Å². The normalized spacial score (nSPS) is 11.5. The van der Waals surface area contributed by atoms with E-state index in [0.717, 1.165) is 19.5 Å². The molecule has 0 radical (unpaired) electrons. The predicted molar refractivity (Wildman–Crippen MR) is 55.2 cm³/mol. The molecular formula is C9H21N3O. The molecule has 0 fully saturated rings. The summed E-state index contributed by atoms with van der Waals surface area (Å²) in [5, 5.41) is 10.5. The lowest BCUT2D eigenvalue weighted by atomic mass is 10.4. The maximum absolute atomic E-state index is 8.64. The third-order valence-corrected chi connectivity index (χ3v) is 1.84. The smallest absolute Gasteiger partial charge is 0.0558 e. The van der Waals surface area contributed by atoms with Crippen LogP contribution in [-0.4, -0.2) is 55.9 Å². The third-order valence-electron chi connectivity index (χ3n) is 1.84. The fourth-order valence-electron chi connectivity index (χ4n) is 0.885. The lowest BCUT2D eigenvalue weighted by Gasteiger charge is -2.14. The summed E-state index contributed by atoms with van der Waals surface area (Å²) in [6.45, 7) is 1.96. The van der Waals surface area contributed by atoms with Crippen molar-refractivity contribution < 1.29 is 5.11 Å². The molecule has 0 unspecified atom stereocenters. The maximum Gasteiger partial charge on any atom is 0.0558 e. The second kappa shape index (κ2) is 8.04. The van der Waals surface area contributed by atoms with Gasteiger partial charge in [0, 0.05) is 33.4 Å². The van der Waals surface area contributed by atoms with E-state index >= 15 is 0 Å². The summed E-state index contributed by atoms with van der Waals surface area (Å²) in [6.07, 6.45) is 5.10. The number of aliphatic hydroxyl groups is 1. The predicted octanol–water partition coefficient (Wildman–Crippen LogP) is -0.119. The van der Waals surface area contributed by atoms with Gasteiger partial charge < -0.3 is 15.0 Å². The van der Waals surface area contributed by atoms with Crippen molar-refractivity contribution in [3.8, 4) is 0 Å². The Kier molecular flexibility index (Phi) is 7.68. The van der Waals surface area contributed by atoms with Crippen molar-refractivity contribution in [2.75, 3.05) is 40.8 Å². The Bertz CT molecular complexity index is 139. The highest BCUT2D eigenvalue weighted by atomic mass is 16.3. The first-order valence-corrected chi connectivity index (χ1v) is 4.57. The average molecular weight is 187 g/mol. The van der Waals surface area contributed by atoms with Crippen molar-refractivity contribution in [2.24, 2.45) is 0 Å². The molecule has 0 aliphatic heterocycles. The highest BCUT2D eigenvalue weighted by Gasteiger charge is 1.93. The molecule has 0 rings (SSSR count). The number of hydrogen-bond acceptors (Lipinski definition) is 4. The monoisotopic (exact) mass is 187 g/mol. The van der Waals surface area contributed by atoms with E-state index in [-0.39, 0.29) is 6.61 Å². The van der Waals surface area contributed by atoms with Gasteiger partial charge >= 0.3 is 0 Å². The van der Waals surface area contributed by atoms with Gasteiger partial charge in [0.25, 0.3) is 0 Å². The molecule has 0 aliphatic rings. The minimum absolute atomic E-state index is 0.233. The fraction of sp³-hybridized carbons (Fsp3) is 0.778. The van der Waals surface area contributed by atoms with E-state index in [4.69, 9.17) is 5.11 Å². The molecule has 0 aromatic heterocycles. The SMILES string of the molecule is CNN(C)/C=C\CCN(C)CCO. The van der Waals surface area contributed by atoms with Crippen LogP contribution in [0.1, 0.15) is 6.42 Å². The van der Waals surface area contributed by atoms with E-state index in [1.54, 1.807) is 0 Å². The molecular weight excluding hydrogens is 166 g/mol. The summed E-state index contributed by atoms with van der Waals surface area (Å²) in [4.78, 5) is 2.10. The number of nitrogens with one attached hydrogen (secondary N) is 1. The van der Waals surface area contributed by atoms with Crippen LogP contribution in [-0.2, 0) is 0 Å². The number of aliphatic hydroxyl groups excluding tert-OH is 1. The minimum atomic E-state index is 0.233. The van der Waals surface area contributed by atoms with Crippen LogP contribution in [0.15, 0.2) is 12.3 Å². The number of nitrogens with zero attached hydrogens (tertiary/aromatic N) is 2. The van der Waals surface area contributed by atoms with Crippen molar-refractivity contribution in [1.82, 2.24) is 15.3 Å². The van der Waals surface area contributed by atoms with E-state index in [9.17, 15) is 0 Å². The molecule has 0 aromatic carbocycles. The molecule has 0 amide bonds. The van der Waals surface area contributed by atoms with Crippen molar-refractivity contribution in [3.63, 3.8) is 0 Å². The van der Waals surface area contributed by atoms with Crippen LogP contribution < -0.4 is 5.43 Å². The van der Waals surface area contributed by atoms with Gasteiger partial charge in [0.2, 0.25) is 0 Å². The van der Waals surface area contributed by atoms with E-state index in [1.807, 2.05) is 32.4 Å². The molecule has 0 aromatic rings. The zero-order valence-corrected chi connectivity index (χ0v) is 8.82. The minimum Gasteiger partial charge on any atom is -0.395 e. The van der Waals surface area contributed by atoms with Gasteiger partial charge in [0.05, 0.1) is 6.61 Å². The van der Waals surface area contributed by atoms with Crippen LogP contribution >= 0.6 is 0 Å². The first kappa shape index (κ1) is 12.4. The first-order valence-electron chi connectivity index (χ1n) is 4.57. The molecule has 2 N–H and O–H groups in total. The van der Waals surface area contributed by atoms with E-state index in [2.05, 4.69) is 16.4 Å². The Labute approximate surface area is 80.8 Å². The summed E-state index contributed by atoms with van der Waals surface area (Å²) < 4.78 is 0. The summed E-state index contributed by atoms with van der Waals surface area (Å²) >= 11 is 0. The van der Waals surface area contributed by atoms with Crippen LogP contribution in [0.3, 0.4) is 0 Å². The van der Waals surface area contributed by atoms with Gasteiger partial charge in [0.1, 0.15) is 0 Å². The molecule has 0 saturated heterocycles. The van der Waals surface area contributed by atoms with Gasteiger partial charge in [-0.1, -0.05) is 6.08 Å². The zero-order valence-electron chi connectivity index (χ0n) is 8.82. The Hall–Kier alpha value is -0.580. The van der Waals surface area contributed by atoms with Gasteiger partial charge in [-0.15, -0.1) is 0 Å². The number of likely N-dealkylation sites (N-methyl/N-ethyl adjacent to an activating group) is 1. The van der Waals surface area contributed by atoms with Crippen LogP contribution in [0.25, 0.3) is 0 Å². The lowest BCUT2D eigenvalue weighted by Crippen LogP contribution is -2.25. The van der Waals surface area contributed by atoms with Gasteiger partial charge in [0.15, 0.2) is 0 Å². The highest BCUT2D eigenvalue weighted by Crippen LogP contribution is 1.89.